The lowest BCUT2D eigenvalue weighted by molar-refractivity contribution is 0.134. The molecule has 15 heavy (non-hydrogen) atoms. The molecule has 2 heterocycles. The van der Waals surface area contributed by atoms with E-state index in [1.165, 1.54) is 6.42 Å². The maximum absolute atomic E-state index is 11.3. The molecule has 2 aliphatic rings. The summed E-state index contributed by atoms with van der Waals surface area (Å²) in [4.78, 5) is 4.90. The van der Waals surface area contributed by atoms with Gasteiger partial charge in [0.1, 0.15) is 25.1 Å². The summed E-state index contributed by atoms with van der Waals surface area (Å²) in [6, 6.07) is 0. The first-order valence-electron chi connectivity index (χ1n) is 5.77. The predicted octanol–water partition coefficient (Wildman–Crippen LogP) is -0.860. The van der Waals surface area contributed by atoms with Crippen molar-refractivity contribution >= 4 is 11.2 Å². The van der Waals surface area contributed by atoms with E-state index in [9.17, 15) is 4.55 Å². The first kappa shape index (κ1) is 11.7. The van der Waals surface area contributed by atoms with Crippen LogP contribution in [0.25, 0.3) is 0 Å². The molecule has 0 spiro atoms. The third-order valence-electron chi connectivity index (χ3n) is 3.33. The number of hydrogen-bond acceptors (Lipinski definition) is 4. The Morgan fingerprint density at radius 3 is 2.87 bits per heavy atom. The summed E-state index contributed by atoms with van der Waals surface area (Å²) in [6.45, 7) is 5.31. The Bertz CT molecular complexity index is 197. The van der Waals surface area contributed by atoms with Crippen LogP contribution in [0, 0.1) is 0 Å². The van der Waals surface area contributed by atoms with Gasteiger partial charge >= 0.3 is 0 Å². The molecule has 1 atom stereocenters. The van der Waals surface area contributed by atoms with Crippen LogP contribution in [0.15, 0.2) is 0 Å². The zero-order valence-electron chi connectivity index (χ0n) is 9.45. The zero-order chi connectivity index (χ0) is 10.7. The van der Waals surface area contributed by atoms with E-state index in [2.05, 4.69) is 22.2 Å². The van der Waals surface area contributed by atoms with Crippen LogP contribution in [-0.4, -0.2) is 66.9 Å². The van der Waals surface area contributed by atoms with Gasteiger partial charge in [0.25, 0.3) is 0 Å². The molecular weight excluding hydrogens is 210 g/mol. The second-order valence-corrected chi connectivity index (χ2v) is 6.10. The number of rotatable bonds is 1. The fourth-order valence-electron chi connectivity index (χ4n) is 2.35. The number of nitrogens with zero attached hydrogens (tertiary/aromatic N) is 2. The van der Waals surface area contributed by atoms with Gasteiger partial charge in [0.2, 0.25) is 6.17 Å². The first-order valence-corrected chi connectivity index (χ1v) is 7.26. The van der Waals surface area contributed by atoms with Gasteiger partial charge in [-0.05, 0) is 0 Å². The summed E-state index contributed by atoms with van der Waals surface area (Å²) in [6.07, 6.45) is 1.73. The highest BCUT2D eigenvalue weighted by molar-refractivity contribution is 7.91. The topological polar surface area (TPSA) is 44.2 Å². The van der Waals surface area contributed by atoms with Crippen molar-refractivity contribution in [1.82, 2.24) is 15.1 Å². The molecule has 2 saturated heterocycles. The van der Waals surface area contributed by atoms with E-state index in [-0.39, 0.29) is 0 Å². The number of nitrogens with one attached hydrogen (secondary N) is 1. The van der Waals surface area contributed by atoms with E-state index >= 15 is 0 Å². The van der Waals surface area contributed by atoms with Crippen molar-refractivity contribution < 1.29 is 4.55 Å². The third kappa shape index (κ3) is 3.07. The molecule has 2 fully saturated rings. The number of hydrogen-bond donors (Lipinski definition) is 1. The monoisotopic (exact) mass is 231 g/mol. The van der Waals surface area contributed by atoms with Crippen molar-refractivity contribution in [3.05, 3.63) is 0 Å². The molecule has 4 nitrogen and oxygen atoms in total. The molecule has 0 bridgehead atoms. The summed E-state index contributed by atoms with van der Waals surface area (Å²) >= 11 is -0.562. The van der Waals surface area contributed by atoms with Gasteiger partial charge in [0.15, 0.2) is 0 Å². The van der Waals surface area contributed by atoms with Crippen molar-refractivity contribution in [2.45, 2.75) is 12.6 Å². The van der Waals surface area contributed by atoms with Gasteiger partial charge in [-0.3, -0.25) is 0 Å². The molecule has 0 aromatic carbocycles. The summed E-state index contributed by atoms with van der Waals surface area (Å²) in [5, 5.41) is 3.48. The molecule has 5 heteroatoms. The van der Waals surface area contributed by atoms with Gasteiger partial charge < -0.3 is 9.87 Å². The van der Waals surface area contributed by atoms with Crippen LogP contribution in [0.3, 0.4) is 0 Å². The smallest absolute Gasteiger partial charge is 0.201 e. The van der Waals surface area contributed by atoms with Crippen molar-refractivity contribution in [2.75, 3.05) is 51.3 Å². The lowest BCUT2D eigenvalue weighted by atomic mass is 10.3. The highest BCUT2D eigenvalue weighted by Crippen LogP contribution is 2.10. The van der Waals surface area contributed by atoms with Crippen LogP contribution in [0.4, 0.5) is 0 Å². The standard InChI is InChI=1S/C10H21N3OS/c1-12-4-2-3-11-9-10(12)13-5-7-15(14)8-6-13/h10-11H,2-9H2,1H3/q+1. The minimum Gasteiger partial charge on any atom is -0.616 e. The van der Waals surface area contributed by atoms with Crippen molar-refractivity contribution in [2.24, 2.45) is 0 Å². The van der Waals surface area contributed by atoms with E-state index in [0.717, 1.165) is 44.2 Å². The first-order chi connectivity index (χ1) is 7.27. The molecule has 1 unspecified atom stereocenters. The molecular formula is C10H21N3OS+. The molecule has 1 radical (unpaired) electrons. The van der Waals surface area contributed by atoms with Gasteiger partial charge in [-0.1, -0.05) is 11.2 Å². The van der Waals surface area contributed by atoms with Crippen molar-refractivity contribution in [1.29, 1.82) is 0 Å². The van der Waals surface area contributed by atoms with E-state index in [1.807, 2.05) is 0 Å². The molecule has 0 aliphatic carbocycles. The van der Waals surface area contributed by atoms with E-state index in [1.54, 1.807) is 0 Å². The Kier molecular flexibility index (Phi) is 4.28. The van der Waals surface area contributed by atoms with Gasteiger partial charge in [-0.2, -0.15) is 4.90 Å². The molecule has 0 aromatic rings. The van der Waals surface area contributed by atoms with Gasteiger partial charge in [0, 0.05) is 26.1 Å². The lowest BCUT2D eigenvalue weighted by Crippen LogP contribution is -2.57. The second kappa shape index (κ2) is 5.50. The quantitative estimate of drug-likeness (QED) is 0.472. The van der Waals surface area contributed by atoms with E-state index in [0.29, 0.717) is 6.17 Å². The number of likely N-dealkylation sites (N-methyl/N-ethyl adjacent to an activating group) is 1. The second-order valence-electron chi connectivity index (χ2n) is 4.40. The van der Waals surface area contributed by atoms with Crippen molar-refractivity contribution in [3.8, 4) is 0 Å². The fourth-order valence-corrected chi connectivity index (χ4v) is 3.43. The zero-order valence-corrected chi connectivity index (χ0v) is 10.3. The highest BCUT2D eigenvalue weighted by Gasteiger charge is 2.34. The Hall–Kier alpha value is 0.190. The maximum Gasteiger partial charge on any atom is 0.201 e. The third-order valence-corrected chi connectivity index (χ3v) is 4.61. The van der Waals surface area contributed by atoms with Crippen LogP contribution in [0.2, 0.25) is 0 Å². The average Bonchev–Trinajstić information content (AvgIpc) is 2.44. The van der Waals surface area contributed by atoms with Crippen LogP contribution in [0.1, 0.15) is 6.42 Å². The van der Waals surface area contributed by atoms with Gasteiger partial charge in [-0.25, -0.2) is 4.90 Å². The SMILES string of the molecule is C[N+]1CCCNCC1N1CC[S+]([O-])CC1. The Morgan fingerprint density at radius 1 is 1.40 bits per heavy atom. The normalized spacial score (nSPS) is 32.8. The molecule has 1 N–H and O–H groups in total. The molecule has 0 amide bonds. The fraction of sp³-hybridized carbons (Fsp3) is 1.00. The van der Waals surface area contributed by atoms with Gasteiger partial charge in [0.05, 0.1) is 6.54 Å². The summed E-state index contributed by atoms with van der Waals surface area (Å²) in [5.74, 6) is 1.70. The van der Waals surface area contributed by atoms with Crippen LogP contribution in [-0.2, 0) is 11.2 Å². The Morgan fingerprint density at radius 2 is 2.13 bits per heavy atom. The van der Waals surface area contributed by atoms with Crippen LogP contribution in [0.5, 0.6) is 0 Å². The molecule has 2 aliphatic heterocycles. The molecule has 87 valence electrons. The van der Waals surface area contributed by atoms with Crippen LogP contribution >= 0.6 is 0 Å². The highest BCUT2D eigenvalue weighted by atomic mass is 32.2. The Labute approximate surface area is 95.2 Å². The van der Waals surface area contributed by atoms with E-state index < -0.39 is 11.2 Å². The molecule has 0 saturated carbocycles. The van der Waals surface area contributed by atoms with Crippen molar-refractivity contribution in [3.63, 3.8) is 0 Å². The summed E-state index contributed by atoms with van der Waals surface area (Å²) < 4.78 is 11.3. The lowest BCUT2D eigenvalue weighted by Gasteiger charge is -2.33. The van der Waals surface area contributed by atoms with E-state index in [4.69, 9.17) is 0 Å². The molecule has 0 aromatic heterocycles. The minimum absolute atomic E-state index is 0.504. The minimum atomic E-state index is -0.562. The Balaban J connectivity index is 1.89. The summed E-state index contributed by atoms with van der Waals surface area (Å²) in [5.41, 5.74) is 0. The summed E-state index contributed by atoms with van der Waals surface area (Å²) in [7, 11) is 2.20. The van der Waals surface area contributed by atoms with Crippen LogP contribution < -0.4 is 10.2 Å². The average molecular weight is 231 g/mol. The largest absolute Gasteiger partial charge is 0.616 e. The predicted molar refractivity (Wildman–Crippen MR) is 63.6 cm³/mol. The maximum atomic E-state index is 11.3. The van der Waals surface area contributed by atoms with Gasteiger partial charge in [-0.15, -0.1) is 0 Å². The molecule has 2 rings (SSSR count).